The molecule has 4 rings (SSSR count). The van der Waals surface area contributed by atoms with Crippen LogP contribution in [0.1, 0.15) is 35.0 Å². The molecule has 0 radical (unpaired) electrons. The lowest BCUT2D eigenvalue weighted by Gasteiger charge is -2.21. The van der Waals surface area contributed by atoms with E-state index >= 15 is 0 Å². The van der Waals surface area contributed by atoms with Gasteiger partial charge in [0.05, 0.1) is 5.56 Å². The van der Waals surface area contributed by atoms with Crippen LogP contribution in [-0.2, 0) is 11.8 Å². The van der Waals surface area contributed by atoms with E-state index in [1.165, 1.54) is 0 Å². The molecular formula is C15H16N6O. The summed E-state index contributed by atoms with van der Waals surface area (Å²) < 4.78 is 3.60. The van der Waals surface area contributed by atoms with Gasteiger partial charge in [-0.25, -0.2) is 9.50 Å². The van der Waals surface area contributed by atoms with Crippen molar-refractivity contribution < 1.29 is 4.79 Å². The molecule has 1 atom stereocenters. The van der Waals surface area contributed by atoms with Gasteiger partial charge >= 0.3 is 0 Å². The maximum atomic E-state index is 12.1. The number of nitrogens with one attached hydrogen (secondary N) is 1. The molecule has 0 bridgehead atoms. The predicted molar refractivity (Wildman–Crippen MR) is 80.8 cm³/mol. The van der Waals surface area contributed by atoms with Crippen molar-refractivity contribution in [2.75, 3.05) is 5.32 Å². The van der Waals surface area contributed by atoms with Crippen molar-refractivity contribution in [2.24, 2.45) is 7.05 Å². The van der Waals surface area contributed by atoms with E-state index in [1.54, 1.807) is 15.4 Å². The molecule has 0 saturated heterocycles. The smallest absolute Gasteiger partial charge is 0.226 e. The van der Waals surface area contributed by atoms with Crippen LogP contribution in [0.3, 0.4) is 0 Å². The molecule has 0 aliphatic carbocycles. The molecule has 22 heavy (non-hydrogen) atoms. The van der Waals surface area contributed by atoms with E-state index in [1.807, 2.05) is 33.0 Å². The van der Waals surface area contributed by atoms with Crippen molar-refractivity contribution >= 4 is 17.4 Å². The number of nitrogens with zero attached hydrogens (tertiary/aromatic N) is 5. The molecule has 7 nitrogen and oxygen atoms in total. The van der Waals surface area contributed by atoms with E-state index in [2.05, 4.69) is 20.5 Å². The highest BCUT2D eigenvalue weighted by atomic mass is 16.1. The second-order valence-electron chi connectivity index (χ2n) is 5.72. The van der Waals surface area contributed by atoms with E-state index < -0.39 is 0 Å². The lowest BCUT2D eigenvalue weighted by molar-refractivity contribution is -0.116. The molecule has 1 aliphatic rings. The van der Waals surface area contributed by atoms with Crippen LogP contribution in [0.2, 0.25) is 0 Å². The molecule has 4 heterocycles. The van der Waals surface area contributed by atoms with Gasteiger partial charge in [-0.3, -0.25) is 9.48 Å². The zero-order valence-electron chi connectivity index (χ0n) is 12.7. The van der Waals surface area contributed by atoms with Gasteiger partial charge in [-0.05, 0) is 26.0 Å². The zero-order valence-corrected chi connectivity index (χ0v) is 12.7. The molecule has 7 heteroatoms. The summed E-state index contributed by atoms with van der Waals surface area (Å²) in [6.07, 6.45) is 2.12. The lowest BCUT2D eigenvalue weighted by Crippen LogP contribution is -2.24. The van der Waals surface area contributed by atoms with E-state index in [9.17, 15) is 4.79 Å². The maximum absolute atomic E-state index is 12.1. The summed E-state index contributed by atoms with van der Waals surface area (Å²) in [7, 11) is 1.89. The fourth-order valence-electron chi connectivity index (χ4n) is 3.20. The summed E-state index contributed by atoms with van der Waals surface area (Å²) in [4.78, 5) is 16.7. The Bertz CT molecular complexity index is 906. The number of rotatable bonds is 1. The number of carbonyl (C=O) groups is 1. The fourth-order valence-corrected chi connectivity index (χ4v) is 3.20. The molecule has 1 aliphatic heterocycles. The predicted octanol–water partition coefficient (Wildman–Crippen LogP) is 1.55. The van der Waals surface area contributed by atoms with Crippen molar-refractivity contribution in [2.45, 2.75) is 26.2 Å². The molecule has 112 valence electrons. The zero-order chi connectivity index (χ0) is 15.4. The average molecular weight is 296 g/mol. The van der Waals surface area contributed by atoms with Crippen molar-refractivity contribution in [1.82, 2.24) is 24.4 Å². The summed E-state index contributed by atoms with van der Waals surface area (Å²) in [6.45, 7) is 3.95. The fraction of sp³-hybridized carbons (Fsp3) is 0.333. The molecule has 1 amide bonds. The number of aromatic nitrogens is 5. The van der Waals surface area contributed by atoms with Crippen LogP contribution >= 0.6 is 0 Å². The van der Waals surface area contributed by atoms with Crippen LogP contribution in [0.4, 0.5) is 5.82 Å². The molecule has 0 fully saturated rings. The minimum atomic E-state index is -0.0811. The van der Waals surface area contributed by atoms with E-state index in [-0.39, 0.29) is 11.8 Å². The van der Waals surface area contributed by atoms with Gasteiger partial charge in [0, 0.05) is 42.7 Å². The van der Waals surface area contributed by atoms with Gasteiger partial charge in [0.25, 0.3) is 0 Å². The number of hydrogen-bond donors (Lipinski definition) is 1. The van der Waals surface area contributed by atoms with Crippen molar-refractivity contribution in [1.29, 1.82) is 0 Å². The third-order valence-electron chi connectivity index (χ3n) is 4.14. The molecule has 3 aromatic heterocycles. The molecule has 1 N–H and O–H groups in total. The van der Waals surface area contributed by atoms with Gasteiger partial charge < -0.3 is 5.32 Å². The third kappa shape index (κ3) is 1.75. The normalized spacial score (nSPS) is 17.6. The molecular weight excluding hydrogens is 280 g/mol. The summed E-state index contributed by atoms with van der Waals surface area (Å²) in [5, 5.41) is 11.6. The third-order valence-corrected chi connectivity index (χ3v) is 4.14. The summed E-state index contributed by atoms with van der Waals surface area (Å²) in [5.41, 5.74) is 4.70. The maximum Gasteiger partial charge on any atom is 0.226 e. The van der Waals surface area contributed by atoms with Crippen LogP contribution in [0.15, 0.2) is 18.3 Å². The van der Waals surface area contributed by atoms with Crippen LogP contribution < -0.4 is 5.32 Å². The van der Waals surface area contributed by atoms with Crippen molar-refractivity contribution in [3.63, 3.8) is 0 Å². The van der Waals surface area contributed by atoms with Gasteiger partial charge in [-0.1, -0.05) is 0 Å². The number of anilines is 1. The Labute approximate surface area is 127 Å². The van der Waals surface area contributed by atoms with E-state index in [0.717, 1.165) is 28.3 Å². The summed E-state index contributed by atoms with van der Waals surface area (Å²) in [6, 6.07) is 3.92. The van der Waals surface area contributed by atoms with Gasteiger partial charge in [-0.2, -0.15) is 5.10 Å². The largest absolute Gasteiger partial charge is 0.309 e. The minimum absolute atomic E-state index is 0.0310. The topological polar surface area (TPSA) is 77.1 Å². The summed E-state index contributed by atoms with van der Waals surface area (Å²) in [5.74, 6) is 0.489. The minimum Gasteiger partial charge on any atom is -0.309 e. The lowest BCUT2D eigenvalue weighted by atomic mass is 9.90. The van der Waals surface area contributed by atoms with Crippen LogP contribution in [0, 0.1) is 13.8 Å². The Morgan fingerprint density at radius 3 is 2.91 bits per heavy atom. The van der Waals surface area contributed by atoms with Crippen molar-refractivity contribution in [3.05, 3.63) is 41.0 Å². The van der Waals surface area contributed by atoms with E-state index in [4.69, 9.17) is 0 Å². The molecule has 0 spiro atoms. The first kappa shape index (κ1) is 13.0. The molecule has 1 unspecified atom stereocenters. The quantitative estimate of drug-likeness (QED) is 0.739. The highest BCUT2D eigenvalue weighted by molar-refractivity contribution is 5.95. The number of fused-ring (bicyclic) bond motifs is 3. The SMILES string of the molecule is Cc1cc(C)n2nc3c(c2n1)C(c1ccnn1C)CC(=O)N3. The Hall–Kier alpha value is -2.70. The molecule has 3 aromatic rings. The highest BCUT2D eigenvalue weighted by Gasteiger charge is 2.33. The molecule has 0 saturated carbocycles. The van der Waals surface area contributed by atoms with Crippen LogP contribution in [0.25, 0.3) is 5.65 Å². The Kier molecular flexibility index (Phi) is 2.60. The Morgan fingerprint density at radius 2 is 2.18 bits per heavy atom. The van der Waals surface area contributed by atoms with Crippen molar-refractivity contribution in [3.8, 4) is 0 Å². The number of aryl methyl sites for hydroxylation is 3. The standard InChI is InChI=1S/C15H16N6O/c1-8-6-9(2)21-15(17-8)13-10(11-4-5-16-20(11)3)7-12(22)18-14(13)19-21/h4-6,10H,7H2,1-3H3,(H,18,19,22). The first-order chi connectivity index (χ1) is 10.5. The second kappa shape index (κ2) is 4.40. The first-order valence-electron chi connectivity index (χ1n) is 7.19. The monoisotopic (exact) mass is 296 g/mol. The van der Waals surface area contributed by atoms with E-state index in [0.29, 0.717) is 12.2 Å². The van der Waals surface area contributed by atoms with Crippen LogP contribution in [-0.4, -0.2) is 30.3 Å². The van der Waals surface area contributed by atoms with Crippen LogP contribution in [0.5, 0.6) is 0 Å². The average Bonchev–Trinajstić information content (AvgIpc) is 3.02. The van der Waals surface area contributed by atoms with Gasteiger partial charge in [0.2, 0.25) is 5.91 Å². The van der Waals surface area contributed by atoms with Gasteiger partial charge in [0.1, 0.15) is 0 Å². The second-order valence-corrected chi connectivity index (χ2v) is 5.72. The summed E-state index contributed by atoms with van der Waals surface area (Å²) >= 11 is 0. The Morgan fingerprint density at radius 1 is 1.36 bits per heavy atom. The number of carbonyl (C=O) groups excluding carboxylic acids is 1. The van der Waals surface area contributed by atoms with Gasteiger partial charge in [0.15, 0.2) is 11.5 Å². The molecule has 0 aromatic carbocycles. The Balaban J connectivity index is 2.03. The first-order valence-corrected chi connectivity index (χ1v) is 7.19. The highest BCUT2D eigenvalue weighted by Crippen LogP contribution is 2.38. The van der Waals surface area contributed by atoms with Gasteiger partial charge in [-0.15, -0.1) is 5.10 Å². The number of hydrogen-bond acceptors (Lipinski definition) is 4. The number of amides is 1.